The Bertz CT molecular complexity index is 306. The SMILES string of the molecule is C=C(C)N(CCCCC)Cc1ccncc1. The molecule has 0 unspecified atom stereocenters. The minimum absolute atomic E-state index is 0.946. The van der Waals surface area contributed by atoms with Crippen molar-refractivity contribution < 1.29 is 0 Å². The number of unbranched alkanes of at least 4 members (excludes halogenated alkanes) is 2. The highest BCUT2D eigenvalue weighted by atomic mass is 15.1. The van der Waals surface area contributed by atoms with Crippen molar-refractivity contribution >= 4 is 0 Å². The molecule has 0 atom stereocenters. The molecule has 2 nitrogen and oxygen atoms in total. The van der Waals surface area contributed by atoms with E-state index >= 15 is 0 Å². The summed E-state index contributed by atoms with van der Waals surface area (Å²) in [6.45, 7) is 10.4. The zero-order chi connectivity index (χ0) is 11.8. The maximum atomic E-state index is 4.04. The molecule has 0 bridgehead atoms. The van der Waals surface area contributed by atoms with Crippen molar-refractivity contribution in [1.29, 1.82) is 0 Å². The lowest BCUT2D eigenvalue weighted by Gasteiger charge is -2.24. The third kappa shape index (κ3) is 4.47. The molecular formula is C14H22N2. The second-order valence-corrected chi connectivity index (χ2v) is 4.22. The topological polar surface area (TPSA) is 16.1 Å². The van der Waals surface area contributed by atoms with E-state index in [2.05, 4.69) is 42.4 Å². The lowest BCUT2D eigenvalue weighted by Crippen LogP contribution is -2.21. The van der Waals surface area contributed by atoms with Gasteiger partial charge in [-0.1, -0.05) is 26.3 Å². The quantitative estimate of drug-likeness (QED) is 0.650. The molecule has 1 rings (SSSR count). The van der Waals surface area contributed by atoms with Crippen LogP contribution in [0.25, 0.3) is 0 Å². The van der Waals surface area contributed by atoms with Crippen LogP contribution in [0.2, 0.25) is 0 Å². The van der Waals surface area contributed by atoms with Crippen LogP contribution >= 0.6 is 0 Å². The first-order valence-electron chi connectivity index (χ1n) is 6.03. The molecule has 16 heavy (non-hydrogen) atoms. The second-order valence-electron chi connectivity index (χ2n) is 4.22. The van der Waals surface area contributed by atoms with Gasteiger partial charge in [-0.3, -0.25) is 4.98 Å². The molecule has 0 spiro atoms. The summed E-state index contributed by atoms with van der Waals surface area (Å²) in [6.07, 6.45) is 7.49. The van der Waals surface area contributed by atoms with Gasteiger partial charge in [-0.2, -0.15) is 0 Å². The molecule has 0 amide bonds. The molecule has 2 heteroatoms. The number of nitrogens with zero attached hydrogens (tertiary/aromatic N) is 2. The molecule has 0 fully saturated rings. The molecule has 0 aliphatic rings. The van der Waals surface area contributed by atoms with Gasteiger partial charge in [0.2, 0.25) is 0 Å². The van der Waals surface area contributed by atoms with Crippen molar-refractivity contribution in [3.8, 4) is 0 Å². The minimum atomic E-state index is 0.946. The first kappa shape index (κ1) is 12.8. The van der Waals surface area contributed by atoms with Gasteiger partial charge in [-0.05, 0) is 31.0 Å². The van der Waals surface area contributed by atoms with E-state index in [0.29, 0.717) is 0 Å². The normalized spacial score (nSPS) is 10.1. The summed E-state index contributed by atoms with van der Waals surface area (Å²) < 4.78 is 0. The maximum absolute atomic E-state index is 4.04. The summed E-state index contributed by atoms with van der Waals surface area (Å²) in [7, 11) is 0. The Morgan fingerprint density at radius 1 is 1.31 bits per heavy atom. The van der Waals surface area contributed by atoms with Crippen LogP contribution in [0.15, 0.2) is 36.8 Å². The zero-order valence-electron chi connectivity index (χ0n) is 10.4. The smallest absolute Gasteiger partial charge is 0.0427 e. The minimum Gasteiger partial charge on any atom is -0.371 e. The van der Waals surface area contributed by atoms with E-state index in [9.17, 15) is 0 Å². The third-order valence-electron chi connectivity index (χ3n) is 2.69. The van der Waals surface area contributed by atoms with Crippen LogP contribution in [0, 0.1) is 0 Å². The zero-order valence-corrected chi connectivity index (χ0v) is 10.4. The van der Waals surface area contributed by atoms with Crippen LogP contribution in [0.1, 0.15) is 38.7 Å². The fourth-order valence-electron chi connectivity index (χ4n) is 1.67. The van der Waals surface area contributed by atoms with E-state index in [4.69, 9.17) is 0 Å². The number of aromatic nitrogens is 1. The molecule has 0 saturated heterocycles. The predicted octanol–water partition coefficient (Wildman–Crippen LogP) is 3.61. The average Bonchev–Trinajstić information content (AvgIpc) is 2.29. The van der Waals surface area contributed by atoms with Gasteiger partial charge in [-0.15, -0.1) is 0 Å². The molecule has 0 aliphatic heterocycles. The Morgan fingerprint density at radius 3 is 2.56 bits per heavy atom. The van der Waals surface area contributed by atoms with Gasteiger partial charge in [0, 0.05) is 31.2 Å². The average molecular weight is 218 g/mol. The summed E-state index contributed by atoms with van der Waals surface area (Å²) in [6, 6.07) is 4.13. The number of hydrogen-bond acceptors (Lipinski definition) is 2. The van der Waals surface area contributed by atoms with Gasteiger partial charge in [0.1, 0.15) is 0 Å². The largest absolute Gasteiger partial charge is 0.371 e. The second kappa shape index (κ2) is 7.04. The molecule has 0 aliphatic carbocycles. The van der Waals surface area contributed by atoms with Gasteiger partial charge in [0.15, 0.2) is 0 Å². The number of rotatable bonds is 7. The van der Waals surface area contributed by atoms with Crippen LogP contribution < -0.4 is 0 Å². The fourth-order valence-corrected chi connectivity index (χ4v) is 1.67. The Morgan fingerprint density at radius 2 is 2.00 bits per heavy atom. The lowest BCUT2D eigenvalue weighted by atomic mass is 10.2. The van der Waals surface area contributed by atoms with Crippen molar-refractivity contribution in [2.24, 2.45) is 0 Å². The van der Waals surface area contributed by atoms with Crippen LogP contribution in [-0.4, -0.2) is 16.4 Å². The van der Waals surface area contributed by atoms with Crippen LogP contribution in [0.5, 0.6) is 0 Å². The molecule has 0 radical (unpaired) electrons. The van der Waals surface area contributed by atoms with E-state index in [1.165, 1.54) is 24.8 Å². The van der Waals surface area contributed by atoms with Gasteiger partial charge >= 0.3 is 0 Å². The molecule has 0 N–H and O–H groups in total. The number of hydrogen-bond donors (Lipinski definition) is 0. The molecule has 1 heterocycles. The molecule has 1 aromatic heterocycles. The summed E-state index contributed by atoms with van der Waals surface area (Å²) in [5.41, 5.74) is 2.45. The number of allylic oxidation sites excluding steroid dienone is 1. The van der Waals surface area contributed by atoms with Crippen molar-refractivity contribution in [2.75, 3.05) is 6.54 Å². The van der Waals surface area contributed by atoms with Crippen LogP contribution in [0.4, 0.5) is 0 Å². The number of pyridine rings is 1. The fraction of sp³-hybridized carbons (Fsp3) is 0.500. The Balaban J connectivity index is 2.48. The summed E-state index contributed by atoms with van der Waals surface area (Å²) in [5.74, 6) is 0. The molecule has 1 aromatic rings. The van der Waals surface area contributed by atoms with E-state index in [1.807, 2.05) is 12.4 Å². The summed E-state index contributed by atoms with van der Waals surface area (Å²) >= 11 is 0. The molecular weight excluding hydrogens is 196 g/mol. The first-order valence-corrected chi connectivity index (χ1v) is 6.03. The van der Waals surface area contributed by atoms with Crippen molar-refractivity contribution in [2.45, 2.75) is 39.7 Å². The monoisotopic (exact) mass is 218 g/mol. The molecule has 0 saturated carbocycles. The van der Waals surface area contributed by atoms with Gasteiger partial charge in [-0.25, -0.2) is 0 Å². The van der Waals surface area contributed by atoms with E-state index < -0.39 is 0 Å². The van der Waals surface area contributed by atoms with Gasteiger partial charge < -0.3 is 4.90 Å². The highest BCUT2D eigenvalue weighted by molar-refractivity contribution is 5.10. The highest BCUT2D eigenvalue weighted by Gasteiger charge is 2.04. The van der Waals surface area contributed by atoms with Crippen molar-refractivity contribution in [3.63, 3.8) is 0 Å². The predicted molar refractivity (Wildman–Crippen MR) is 69.0 cm³/mol. The molecule has 88 valence electrons. The summed E-state index contributed by atoms with van der Waals surface area (Å²) in [4.78, 5) is 6.37. The van der Waals surface area contributed by atoms with Crippen LogP contribution in [0.3, 0.4) is 0 Å². The van der Waals surface area contributed by atoms with Gasteiger partial charge in [0.25, 0.3) is 0 Å². The van der Waals surface area contributed by atoms with Gasteiger partial charge in [0.05, 0.1) is 0 Å². The lowest BCUT2D eigenvalue weighted by molar-refractivity contribution is 0.329. The standard InChI is InChI=1S/C14H22N2/c1-4-5-6-11-16(13(2)3)12-14-7-9-15-10-8-14/h7-10H,2,4-6,11-12H2,1,3H3. The Hall–Kier alpha value is -1.31. The Kier molecular flexibility index (Phi) is 5.62. The van der Waals surface area contributed by atoms with E-state index in [-0.39, 0.29) is 0 Å². The molecule has 0 aromatic carbocycles. The highest BCUT2D eigenvalue weighted by Crippen LogP contribution is 2.10. The third-order valence-corrected chi connectivity index (χ3v) is 2.69. The maximum Gasteiger partial charge on any atom is 0.0427 e. The summed E-state index contributed by atoms with van der Waals surface area (Å²) in [5, 5.41) is 0. The Labute approximate surface area is 99.0 Å². The first-order chi connectivity index (χ1) is 7.74. The van der Waals surface area contributed by atoms with Crippen LogP contribution in [-0.2, 0) is 6.54 Å². The van der Waals surface area contributed by atoms with Crippen molar-refractivity contribution in [3.05, 3.63) is 42.4 Å². The van der Waals surface area contributed by atoms with E-state index in [1.54, 1.807) is 0 Å². The van der Waals surface area contributed by atoms with E-state index in [0.717, 1.165) is 18.8 Å². The van der Waals surface area contributed by atoms with Crippen molar-refractivity contribution in [1.82, 2.24) is 9.88 Å².